The van der Waals surface area contributed by atoms with E-state index in [0.29, 0.717) is 17.3 Å². The first kappa shape index (κ1) is 13.1. The molecule has 4 nitrogen and oxygen atoms in total. The zero-order chi connectivity index (χ0) is 13.3. The Labute approximate surface area is 108 Å². The quantitative estimate of drug-likeness (QED) is 0.846. The zero-order valence-corrected chi connectivity index (χ0v) is 11.5. The van der Waals surface area contributed by atoms with Crippen LogP contribution in [-0.2, 0) is 0 Å². The molecule has 100 valence electrons. The number of nitrogens with one attached hydrogen (secondary N) is 1. The second-order valence-corrected chi connectivity index (χ2v) is 5.82. The second kappa shape index (κ2) is 5.12. The van der Waals surface area contributed by atoms with Crippen LogP contribution in [0.15, 0.2) is 4.79 Å². The van der Waals surface area contributed by atoms with Crippen LogP contribution < -0.4 is 11.3 Å². The minimum atomic E-state index is -0.0940. The lowest BCUT2D eigenvalue weighted by Crippen LogP contribution is -2.23. The van der Waals surface area contributed by atoms with E-state index in [4.69, 9.17) is 5.73 Å². The molecule has 1 saturated carbocycles. The number of anilines is 1. The third-order valence-corrected chi connectivity index (χ3v) is 4.31. The first-order valence-corrected chi connectivity index (χ1v) is 6.85. The molecule has 18 heavy (non-hydrogen) atoms. The predicted molar refractivity (Wildman–Crippen MR) is 73.5 cm³/mol. The first-order valence-electron chi connectivity index (χ1n) is 6.85. The van der Waals surface area contributed by atoms with Crippen LogP contribution >= 0.6 is 0 Å². The van der Waals surface area contributed by atoms with Crippen molar-refractivity contribution in [3.05, 3.63) is 21.7 Å². The fourth-order valence-corrected chi connectivity index (χ4v) is 2.82. The number of nitrogen functional groups attached to an aromatic ring is 1. The molecule has 0 spiro atoms. The maximum absolute atomic E-state index is 11.7. The molecule has 4 heteroatoms. The Balaban J connectivity index is 2.13. The third kappa shape index (κ3) is 2.57. The number of H-pyrrole nitrogens is 1. The predicted octanol–water partition coefficient (Wildman–Crippen LogP) is 2.59. The summed E-state index contributed by atoms with van der Waals surface area (Å²) in [5, 5.41) is 0. The van der Waals surface area contributed by atoms with E-state index >= 15 is 0 Å². The summed E-state index contributed by atoms with van der Waals surface area (Å²) < 4.78 is 0. The molecule has 0 atom stereocenters. The van der Waals surface area contributed by atoms with Crippen LogP contribution in [0.2, 0.25) is 0 Å². The minimum Gasteiger partial charge on any atom is -0.383 e. The molecular formula is C14H23N3O. The lowest BCUT2D eigenvalue weighted by molar-refractivity contribution is 0.254. The molecule has 0 aromatic carbocycles. The van der Waals surface area contributed by atoms with Crippen molar-refractivity contribution >= 4 is 5.82 Å². The Morgan fingerprint density at radius 3 is 2.39 bits per heavy atom. The Bertz CT molecular complexity index is 470. The standard InChI is InChI=1S/C14H23N3O/c1-8(2)10-4-6-11(7-5-10)13-16-12(15)9(3)14(18)17-13/h8,10-11H,4-7H2,1-3H3,(H3,15,16,17,18). The van der Waals surface area contributed by atoms with Crippen LogP contribution in [0.1, 0.15) is 56.8 Å². The summed E-state index contributed by atoms with van der Waals surface area (Å²) in [7, 11) is 0. The van der Waals surface area contributed by atoms with Crippen molar-refractivity contribution in [1.29, 1.82) is 0 Å². The molecule has 3 N–H and O–H groups in total. The van der Waals surface area contributed by atoms with E-state index in [-0.39, 0.29) is 5.56 Å². The van der Waals surface area contributed by atoms with Gasteiger partial charge in [0.2, 0.25) is 0 Å². The third-order valence-electron chi connectivity index (χ3n) is 4.31. The van der Waals surface area contributed by atoms with Gasteiger partial charge >= 0.3 is 0 Å². The normalized spacial score (nSPS) is 24.4. The summed E-state index contributed by atoms with van der Waals surface area (Å²) in [5.74, 6) is 3.09. The van der Waals surface area contributed by atoms with Crippen molar-refractivity contribution in [3.8, 4) is 0 Å². The summed E-state index contributed by atoms with van der Waals surface area (Å²) in [4.78, 5) is 18.9. The van der Waals surface area contributed by atoms with Crippen molar-refractivity contribution in [2.24, 2.45) is 11.8 Å². The van der Waals surface area contributed by atoms with Crippen molar-refractivity contribution < 1.29 is 0 Å². The molecule has 1 aliphatic carbocycles. The highest BCUT2D eigenvalue weighted by Crippen LogP contribution is 2.37. The average molecular weight is 249 g/mol. The number of rotatable bonds is 2. The Morgan fingerprint density at radius 1 is 1.28 bits per heavy atom. The van der Waals surface area contributed by atoms with Gasteiger partial charge in [-0.05, 0) is 44.4 Å². The molecule has 0 bridgehead atoms. The van der Waals surface area contributed by atoms with E-state index in [1.165, 1.54) is 12.8 Å². The molecule has 0 saturated heterocycles. The fraction of sp³-hybridized carbons (Fsp3) is 0.714. The molecule has 1 heterocycles. The summed E-state index contributed by atoms with van der Waals surface area (Å²) >= 11 is 0. The fourth-order valence-electron chi connectivity index (χ4n) is 2.82. The highest BCUT2D eigenvalue weighted by atomic mass is 16.1. The maximum atomic E-state index is 11.7. The molecule has 1 aliphatic rings. The van der Waals surface area contributed by atoms with E-state index < -0.39 is 0 Å². The lowest BCUT2D eigenvalue weighted by Gasteiger charge is -2.30. The van der Waals surface area contributed by atoms with Gasteiger partial charge in [-0.15, -0.1) is 0 Å². The van der Waals surface area contributed by atoms with Gasteiger partial charge in [0.15, 0.2) is 0 Å². The van der Waals surface area contributed by atoms with Crippen LogP contribution in [0.3, 0.4) is 0 Å². The van der Waals surface area contributed by atoms with Gasteiger partial charge in [0, 0.05) is 5.92 Å². The number of aromatic nitrogens is 2. The number of aromatic amines is 1. The topological polar surface area (TPSA) is 71.8 Å². The summed E-state index contributed by atoms with van der Waals surface area (Å²) in [5.41, 5.74) is 6.20. The highest BCUT2D eigenvalue weighted by molar-refractivity contribution is 5.36. The Hall–Kier alpha value is -1.32. The van der Waals surface area contributed by atoms with Crippen molar-refractivity contribution in [2.45, 2.75) is 52.4 Å². The first-order chi connectivity index (χ1) is 8.49. The maximum Gasteiger partial charge on any atom is 0.255 e. The molecule has 1 aromatic rings. The van der Waals surface area contributed by atoms with Crippen molar-refractivity contribution in [2.75, 3.05) is 5.73 Å². The van der Waals surface area contributed by atoms with Gasteiger partial charge in [-0.2, -0.15) is 0 Å². The Kier molecular flexibility index (Phi) is 3.73. The largest absolute Gasteiger partial charge is 0.383 e. The van der Waals surface area contributed by atoms with Crippen LogP contribution in [0, 0.1) is 18.8 Å². The molecule has 0 unspecified atom stereocenters. The monoisotopic (exact) mass is 249 g/mol. The van der Waals surface area contributed by atoms with Crippen molar-refractivity contribution in [1.82, 2.24) is 9.97 Å². The highest BCUT2D eigenvalue weighted by Gasteiger charge is 2.26. The van der Waals surface area contributed by atoms with E-state index in [9.17, 15) is 4.79 Å². The van der Waals surface area contributed by atoms with Gasteiger partial charge < -0.3 is 10.7 Å². The average Bonchev–Trinajstić information content (AvgIpc) is 2.35. The molecule has 2 rings (SSSR count). The number of hydrogen-bond acceptors (Lipinski definition) is 3. The molecule has 0 aliphatic heterocycles. The van der Waals surface area contributed by atoms with Gasteiger partial charge in [0.05, 0.1) is 5.56 Å². The van der Waals surface area contributed by atoms with Crippen LogP contribution in [0.5, 0.6) is 0 Å². The van der Waals surface area contributed by atoms with E-state index in [0.717, 1.165) is 30.5 Å². The molecule has 0 amide bonds. The summed E-state index contributed by atoms with van der Waals surface area (Å²) in [6.45, 7) is 6.28. The van der Waals surface area contributed by atoms with Gasteiger partial charge in [0.25, 0.3) is 5.56 Å². The van der Waals surface area contributed by atoms with Crippen LogP contribution in [-0.4, -0.2) is 9.97 Å². The van der Waals surface area contributed by atoms with Crippen molar-refractivity contribution in [3.63, 3.8) is 0 Å². The number of nitrogens with two attached hydrogens (primary N) is 1. The van der Waals surface area contributed by atoms with Crippen LogP contribution in [0.4, 0.5) is 5.82 Å². The van der Waals surface area contributed by atoms with E-state index in [1.54, 1.807) is 6.92 Å². The molecule has 1 fully saturated rings. The van der Waals surface area contributed by atoms with Crippen LogP contribution in [0.25, 0.3) is 0 Å². The lowest BCUT2D eigenvalue weighted by atomic mass is 9.77. The van der Waals surface area contributed by atoms with E-state index in [1.807, 2.05) is 0 Å². The molecular weight excluding hydrogens is 226 g/mol. The number of hydrogen-bond donors (Lipinski definition) is 2. The smallest absolute Gasteiger partial charge is 0.255 e. The van der Waals surface area contributed by atoms with Gasteiger partial charge in [-0.1, -0.05) is 13.8 Å². The van der Waals surface area contributed by atoms with Gasteiger partial charge in [-0.3, -0.25) is 4.79 Å². The zero-order valence-electron chi connectivity index (χ0n) is 11.5. The minimum absolute atomic E-state index is 0.0940. The SMILES string of the molecule is Cc1c(N)nc(C2CCC(C(C)C)CC2)[nH]c1=O. The molecule has 1 aromatic heterocycles. The second-order valence-electron chi connectivity index (χ2n) is 5.82. The number of nitrogens with zero attached hydrogens (tertiary/aromatic N) is 1. The van der Waals surface area contributed by atoms with E-state index in [2.05, 4.69) is 23.8 Å². The molecule has 0 radical (unpaired) electrons. The summed E-state index contributed by atoms with van der Waals surface area (Å²) in [6.07, 6.45) is 4.65. The Morgan fingerprint density at radius 2 is 1.89 bits per heavy atom. The summed E-state index contributed by atoms with van der Waals surface area (Å²) in [6, 6.07) is 0. The van der Waals surface area contributed by atoms with Gasteiger partial charge in [-0.25, -0.2) is 4.98 Å². The van der Waals surface area contributed by atoms with Gasteiger partial charge in [0.1, 0.15) is 11.6 Å².